The molecule has 0 amide bonds. The summed E-state index contributed by atoms with van der Waals surface area (Å²) in [6.45, 7) is 0. The molecule has 0 atom stereocenters. The van der Waals surface area contributed by atoms with Crippen molar-refractivity contribution in [3.05, 3.63) is 30.1 Å². The third-order valence-corrected chi connectivity index (χ3v) is 3.29. The molecule has 7 nitrogen and oxygen atoms in total. The largest absolute Gasteiger partial charge is 0.534 e. The Morgan fingerprint density at radius 3 is 2.62 bits per heavy atom. The highest BCUT2D eigenvalue weighted by atomic mass is 32.2. The monoisotopic (exact) mass is 324 g/mol. The Morgan fingerprint density at radius 2 is 2.05 bits per heavy atom. The van der Waals surface area contributed by atoms with Crippen molar-refractivity contribution < 1.29 is 35.3 Å². The van der Waals surface area contributed by atoms with Gasteiger partial charge < -0.3 is 13.3 Å². The number of aromatic nitrogens is 2. The van der Waals surface area contributed by atoms with Crippen LogP contribution >= 0.6 is 0 Å². The number of hydrogen-bond acceptors (Lipinski definition) is 6. The zero-order valence-corrected chi connectivity index (χ0v) is 11.1. The molecule has 114 valence electrons. The fourth-order valence-electron chi connectivity index (χ4n) is 1.41. The van der Waals surface area contributed by atoms with Gasteiger partial charge in [-0.3, -0.25) is 0 Å². The van der Waals surface area contributed by atoms with E-state index in [-0.39, 0.29) is 11.2 Å². The highest BCUT2D eigenvalue weighted by molar-refractivity contribution is 7.87. The number of carbonyl (C=O) groups excluding carboxylic acids is 1. The van der Waals surface area contributed by atoms with Crippen molar-refractivity contribution in [1.29, 1.82) is 0 Å². The van der Waals surface area contributed by atoms with E-state index < -0.39 is 27.5 Å². The molecule has 0 bridgehead atoms. The first-order valence-electron chi connectivity index (χ1n) is 5.22. The lowest BCUT2D eigenvalue weighted by atomic mass is 10.3. The van der Waals surface area contributed by atoms with E-state index in [0.717, 1.165) is 13.2 Å². The maximum absolute atomic E-state index is 12.2. The van der Waals surface area contributed by atoms with Crippen LogP contribution in [0.5, 0.6) is 5.88 Å². The van der Waals surface area contributed by atoms with E-state index in [9.17, 15) is 26.4 Å². The smallest absolute Gasteiger partial charge is 0.465 e. The second-order valence-electron chi connectivity index (χ2n) is 3.73. The highest BCUT2D eigenvalue weighted by Crippen LogP contribution is 2.26. The zero-order chi connectivity index (χ0) is 15.8. The molecule has 2 aromatic heterocycles. The van der Waals surface area contributed by atoms with Crippen LogP contribution in [0.25, 0.3) is 5.65 Å². The fraction of sp³-hybridized carbons (Fsp3) is 0.200. The molecule has 0 saturated carbocycles. The number of ether oxygens (including phenoxy) is 1. The quantitative estimate of drug-likeness (QED) is 0.481. The summed E-state index contributed by atoms with van der Waals surface area (Å²) < 4.78 is 67.9. The molecule has 0 aromatic carbocycles. The van der Waals surface area contributed by atoms with Gasteiger partial charge in [0.05, 0.1) is 12.7 Å². The molecule has 21 heavy (non-hydrogen) atoms. The van der Waals surface area contributed by atoms with E-state index in [2.05, 4.69) is 13.9 Å². The Morgan fingerprint density at radius 1 is 1.38 bits per heavy atom. The maximum atomic E-state index is 12.2. The normalized spacial score (nSPS) is 12.4. The van der Waals surface area contributed by atoms with Crippen LogP contribution < -0.4 is 4.18 Å². The van der Waals surface area contributed by atoms with Gasteiger partial charge in [0.2, 0.25) is 5.88 Å². The topological polar surface area (TPSA) is 87.0 Å². The van der Waals surface area contributed by atoms with Crippen molar-refractivity contribution in [3.8, 4) is 5.88 Å². The number of carbonyl (C=O) groups is 1. The van der Waals surface area contributed by atoms with E-state index in [1.54, 1.807) is 0 Å². The van der Waals surface area contributed by atoms with E-state index >= 15 is 0 Å². The van der Waals surface area contributed by atoms with Crippen LogP contribution in [0, 0.1) is 0 Å². The molecule has 11 heteroatoms. The van der Waals surface area contributed by atoms with Crippen LogP contribution in [0.2, 0.25) is 0 Å². The predicted molar refractivity (Wildman–Crippen MR) is 62.1 cm³/mol. The van der Waals surface area contributed by atoms with E-state index in [0.29, 0.717) is 0 Å². The Labute approximate surface area is 116 Å². The number of hydrogen-bond donors (Lipinski definition) is 0. The van der Waals surface area contributed by atoms with E-state index in [1.807, 2.05) is 0 Å². The summed E-state index contributed by atoms with van der Waals surface area (Å²) in [5, 5.41) is 0. The SMILES string of the molecule is COC(=O)c1cc2nc(OS(=O)(=O)C(F)(F)F)ccn2c1. The molecule has 0 unspecified atom stereocenters. The molecule has 0 N–H and O–H groups in total. The molecule has 0 aliphatic rings. The molecule has 2 rings (SSSR count). The number of methoxy groups -OCH3 is 1. The van der Waals surface area contributed by atoms with Gasteiger partial charge in [0, 0.05) is 18.5 Å². The molecule has 0 saturated heterocycles. The Hall–Kier alpha value is -2.30. The predicted octanol–water partition coefficient (Wildman–Crippen LogP) is 1.35. The van der Waals surface area contributed by atoms with Gasteiger partial charge >= 0.3 is 21.6 Å². The van der Waals surface area contributed by atoms with Crippen molar-refractivity contribution in [2.24, 2.45) is 0 Å². The summed E-state index contributed by atoms with van der Waals surface area (Å²) in [6, 6.07) is 2.12. The minimum absolute atomic E-state index is 0.0188. The standard InChI is InChI=1S/C10H7F3N2O5S/c1-19-9(16)6-4-7-14-8(2-3-15(7)5-6)20-21(17,18)10(11,12)13/h2-5H,1H3. The van der Waals surface area contributed by atoms with Gasteiger partial charge in [-0.2, -0.15) is 26.6 Å². The van der Waals surface area contributed by atoms with Crippen LogP contribution in [-0.4, -0.2) is 36.4 Å². The number of fused-ring (bicyclic) bond motifs is 1. The first kappa shape index (κ1) is 15.1. The Balaban J connectivity index is 2.38. The number of rotatable bonds is 3. The summed E-state index contributed by atoms with van der Waals surface area (Å²) >= 11 is 0. The van der Waals surface area contributed by atoms with Crippen molar-refractivity contribution in [2.45, 2.75) is 5.51 Å². The molecular weight excluding hydrogens is 317 g/mol. The van der Waals surface area contributed by atoms with Gasteiger partial charge in [0.15, 0.2) is 0 Å². The van der Waals surface area contributed by atoms with Gasteiger partial charge in [-0.25, -0.2) is 4.79 Å². The van der Waals surface area contributed by atoms with E-state index in [1.165, 1.54) is 22.9 Å². The molecular formula is C10H7F3N2O5S. The summed E-state index contributed by atoms with van der Waals surface area (Å²) in [6.07, 6.45) is 2.51. The minimum Gasteiger partial charge on any atom is -0.465 e. The average Bonchev–Trinajstić information content (AvgIpc) is 2.79. The minimum atomic E-state index is -5.80. The Bertz CT molecular complexity index is 797. The van der Waals surface area contributed by atoms with Gasteiger partial charge in [-0.05, 0) is 6.07 Å². The maximum Gasteiger partial charge on any atom is 0.534 e. The molecule has 2 heterocycles. The van der Waals surface area contributed by atoms with Crippen molar-refractivity contribution in [2.75, 3.05) is 7.11 Å². The van der Waals surface area contributed by atoms with Crippen molar-refractivity contribution >= 4 is 21.7 Å². The first-order chi connectivity index (χ1) is 9.64. The van der Waals surface area contributed by atoms with Gasteiger partial charge in [-0.1, -0.05) is 0 Å². The average molecular weight is 324 g/mol. The second kappa shape index (κ2) is 4.91. The molecule has 0 radical (unpaired) electrons. The lowest BCUT2D eigenvalue weighted by molar-refractivity contribution is -0.0501. The molecule has 0 spiro atoms. The number of alkyl halides is 3. The molecule has 0 aliphatic carbocycles. The first-order valence-corrected chi connectivity index (χ1v) is 6.63. The summed E-state index contributed by atoms with van der Waals surface area (Å²) in [5.41, 5.74) is -5.44. The lowest BCUT2D eigenvalue weighted by Crippen LogP contribution is -2.28. The van der Waals surface area contributed by atoms with Crippen molar-refractivity contribution in [1.82, 2.24) is 9.38 Å². The lowest BCUT2D eigenvalue weighted by Gasteiger charge is -2.08. The van der Waals surface area contributed by atoms with Crippen LogP contribution in [0.4, 0.5) is 13.2 Å². The summed E-state index contributed by atoms with van der Waals surface area (Å²) in [5.74, 6) is -1.44. The highest BCUT2D eigenvalue weighted by Gasteiger charge is 2.48. The number of nitrogens with zero attached hydrogens (tertiary/aromatic N) is 2. The number of esters is 1. The summed E-state index contributed by atoms with van der Waals surface area (Å²) in [7, 11) is -4.64. The van der Waals surface area contributed by atoms with Gasteiger partial charge in [0.25, 0.3) is 0 Å². The second-order valence-corrected chi connectivity index (χ2v) is 5.27. The van der Waals surface area contributed by atoms with Gasteiger partial charge in [0.1, 0.15) is 5.65 Å². The zero-order valence-electron chi connectivity index (χ0n) is 10.3. The fourth-order valence-corrected chi connectivity index (χ4v) is 1.82. The summed E-state index contributed by atoms with van der Waals surface area (Å²) in [4.78, 5) is 14.9. The molecule has 2 aromatic rings. The van der Waals surface area contributed by atoms with Crippen LogP contribution in [0.1, 0.15) is 10.4 Å². The number of halogens is 3. The third kappa shape index (κ3) is 2.91. The van der Waals surface area contributed by atoms with Crippen molar-refractivity contribution in [3.63, 3.8) is 0 Å². The Kier molecular flexibility index (Phi) is 3.53. The van der Waals surface area contributed by atoms with Crippen LogP contribution in [0.15, 0.2) is 24.5 Å². The van der Waals surface area contributed by atoms with Crippen LogP contribution in [0.3, 0.4) is 0 Å². The van der Waals surface area contributed by atoms with Gasteiger partial charge in [-0.15, -0.1) is 0 Å². The molecule has 0 fully saturated rings. The third-order valence-electron chi connectivity index (χ3n) is 2.33. The van der Waals surface area contributed by atoms with Crippen LogP contribution in [-0.2, 0) is 14.9 Å². The van der Waals surface area contributed by atoms with E-state index in [4.69, 9.17) is 0 Å². The molecule has 0 aliphatic heterocycles.